The maximum Gasteiger partial charge on any atom is 0.308 e. The Morgan fingerprint density at radius 1 is 1.22 bits per heavy atom. The van der Waals surface area contributed by atoms with Crippen molar-refractivity contribution in [3.8, 4) is 0 Å². The lowest BCUT2D eigenvalue weighted by molar-refractivity contribution is -0.144. The van der Waals surface area contributed by atoms with Crippen LogP contribution in [0.2, 0.25) is 0 Å². The van der Waals surface area contributed by atoms with E-state index in [0.29, 0.717) is 38.9 Å². The number of hydrogen-bond donors (Lipinski definition) is 1. The Bertz CT molecular complexity index is 704. The summed E-state index contributed by atoms with van der Waals surface area (Å²) in [6, 6.07) is 7.36. The van der Waals surface area contributed by atoms with Gasteiger partial charge in [-0.25, -0.2) is 0 Å². The van der Waals surface area contributed by atoms with Gasteiger partial charge in [0.05, 0.1) is 5.92 Å². The van der Waals surface area contributed by atoms with Crippen molar-refractivity contribution in [3.05, 3.63) is 35.4 Å². The molecule has 0 spiro atoms. The maximum atomic E-state index is 13.0. The Morgan fingerprint density at radius 3 is 2.61 bits per heavy atom. The number of hydrogen-bond acceptors (Lipinski definition) is 3. The summed E-state index contributed by atoms with van der Waals surface area (Å²) in [4.78, 5) is 11.3. The van der Waals surface area contributed by atoms with Crippen molar-refractivity contribution in [2.45, 2.75) is 38.8 Å². The predicted octanol–water partition coefficient (Wildman–Crippen LogP) is 1.47. The fourth-order valence-corrected chi connectivity index (χ4v) is 5.43. The Hall–Kier alpha value is -1.44. The van der Waals surface area contributed by atoms with E-state index in [1.165, 1.54) is 14.2 Å². The second-order valence-electron chi connectivity index (χ2n) is 6.30. The van der Waals surface area contributed by atoms with Gasteiger partial charge in [-0.2, -0.15) is 17.0 Å². The molecule has 1 fully saturated rings. The summed E-state index contributed by atoms with van der Waals surface area (Å²) in [5.74, 6) is -1.54. The first-order valence-corrected chi connectivity index (χ1v) is 9.37. The second kappa shape index (κ2) is 6.22. The van der Waals surface area contributed by atoms with Crippen molar-refractivity contribution in [1.82, 2.24) is 8.61 Å². The molecule has 2 aliphatic rings. The van der Waals surface area contributed by atoms with Crippen LogP contribution in [0.25, 0.3) is 0 Å². The molecule has 0 aliphatic carbocycles. The van der Waals surface area contributed by atoms with Crippen molar-refractivity contribution in [1.29, 1.82) is 0 Å². The van der Waals surface area contributed by atoms with Gasteiger partial charge >= 0.3 is 5.97 Å². The Labute approximate surface area is 136 Å². The lowest BCUT2D eigenvalue weighted by atomic mass is 9.92. The highest BCUT2D eigenvalue weighted by molar-refractivity contribution is 7.86. The van der Waals surface area contributed by atoms with E-state index >= 15 is 0 Å². The highest BCUT2D eigenvalue weighted by Crippen LogP contribution is 2.30. The number of carboxylic acids is 1. The van der Waals surface area contributed by atoms with Crippen molar-refractivity contribution < 1.29 is 18.3 Å². The van der Waals surface area contributed by atoms with E-state index in [0.717, 1.165) is 5.56 Å². The van der Waals surface area contributed by atoms with Crippen molar-refractivity contribution in [3.63, 3.8) is 0 Å². The molecular formula is C16H22N2O4S. The van der Waals surface area contributed by atoms with E-state index < -0.39 is 28.1 Å². The molecule has 1 aromatic carbocycles. The quantitative estimate of drug-likeness (QED) is 0.905. The molecule has 1 saturated heterocycles. The van der Waals surface area contributed by atoms with Gasteiger partial charge in [-0.15, -0.1) is 0 Å². The zero-order valence-electron chi connectivity index (χ0n) is 13.2. The van der Waals surface area contributed by atoms with E-state index in [2.05, 4.69) is 0 Å². The summed E-state index contributed by atoms with van der Waals surface area (Å²) in [5, 5.41) is 9.30. The third kappa shape index (κ3) is 3.00. The fourth-order valence-electron chi connectivity index (χ4n) is 3.58. The summed E-state index contributed by atoms with van der Waals surface area (Å²) < 4.78 is 28.8. The molecule has 0 bridgehead atoms. The standard InChI is InChI=1S/C16H22N2O4S/c1-12-15(16(19)20)7-4-9-18(12)23(21,22)17-10-8-13-5-2-3-6-14(13)11-17/h2-3,5-6,12,15H,4,7-11H2,1H3,(H,19,20)/t12-,15-/m1/s1. The number of carboxylic acid groups (broad SMARTS) is 1. The van der Waals surface area contributed by atoms with Crippen LogP contribution in [0.3, 0.4) is 0 Å². The summed E-state index contributed by atoms with van der Waals surface area (Å²) in [7, 11) is -3.64. The first-order valence-electron chi connectivity index (χ1n) is 7.98. The molecule has 0 unspecified atom stereocenters. The molecule has 2 aliphatic heterocycles. The minimum absolute atomic E-state index is 0.361. The molecule has 126 valence electrons. The van der Waals surface area contributed by atoms with Crippen LogP contribution in [-0.2, 0) is 28.0 Å². The highest BCUT2D eigenvalue weighted by atomic mass is 32.2. The smallest absolute Gasteiger partial charge is 0.308 e. The average molecular weight is 338 g/mol. The van der Waals surface area contributed by atoms with Gasteiger partial charge in [0.25, 0.3) is 10.2 Å². The van der Waals surface area contributed by atoms with Crippen LogP contribution >= 0.6 is 0 Å². The number of nitrogens with zero attached hydrogens (tertiary/aromatic N) is 2. The zero-order chi connectivity index (χ0) is 16.6. The van der Waals surface area contributed by atoms with Gasteiger partial charge < -0.3 is 5.11 Å². The summed E-state index contributed by atoms with van der Waals surface area (Å²) >= 11 is 0. The minimum Gasteiger partial charge on any atom is -0.481 e. The van der Waals surface area contributed by atoms with Gasteiger partial charge in [-0.3, -0.25) is 4.79 Å². The fraction of sp³-hybridized carbons (Fsp3) is 0.562. The van der Waals surface area contributed by atoms with Gasteiger partial charge in [0, 0.05) is 25.7 Å². The van der Waals surface area contributed by atoms with Crippen LogP contribution in [-0.4, -0.2) is 47.2 Å². The summed E-state index contributed by atoms with van der Waals surface area (Å²) in [6.45, 7) is 2.90. The van der Waals surface area contributed by atoms with E-state index in [1.807, 2.05) is 24.3 Å². The topological polar surface area (TPSA) is 77.9 Å². The number of aliphatic carboxylic acids is 1. The third-order valence-electron chi connectivity index (χ3n) is 4.97. The maximum absolute atomic E-state index is 13.0. The molecule has 0 aromatic heterocycles. The molecule has 0 saturated carbocycles. The molecule has 2 atom stereocenters. The first kappa shape index (κ1) is 16.4. The van der Waals surface area contributed by atoms with E-state index in [1.54, 1.807) is 6.92 Å². The average Bonchev–Trinajstić information content (AvgIpc) is 2.54. The molecule has 1 aromatic rings. The molecule has 0 amide bonds. The Morgan fingerprint density at radius 2 is 1.91 bits per heavy atom. The Kier molecular flexibility index (Phi) is 4.44. The van der Waals surface area contributed by atoms with Crippen LogP contribution in [0.15, 0.2) is 24.3 Å². The van der Waals surface area contributed by atoms with Crippen molar-refractivity contribution >= 4 is 16.2 Å². The number of rotatable bonds is 3. The van der Waals surface area contributed by atoms with Crippen LogP contribution in [0, 0.1) is 5.92 Å². The van der Waals surface area contributed by atoms with Crippen molar-refractivity contribution in [2.75, 3.05) is 13.1 Å². The molecule has 3 rings (SSSR count). The van der Waals surface area contributed by atoms with Gasteiger partial charge in [-0.05, 0) is 37.3 Å². The van der Waals surface area contributed by atoms with Crippen LogP contribution in [0.5, 0.6) is 0 Å². The summed E-state index contributed by atoms with van der Waals surface area (Å²) in [5.41, 5.74) is 2.22. The molecular weight excluding hydrogens is 316 g/mol. The minimum atomic E-state index is -3.64. The second-order valence-corrected chi connectivity index (χ2v) is 8.18. The zero-order valence-corrected chi connectivity index (χ0v) is 14.0. The third-order valence-corrected chi connectivity index (χ3v) is 7.04. The molecule has 0 radical (unpaired) electrons. The van der Waals surface area contributed by atoms with Crippen molar-refractivity contribution in [2.24, 2.45) is 5.92 Å². The van der Waals surface area contributed by atoms with E-state index in [4.69, 9.17) is 0 Å². The molecule has 1 N–H and O–H groups in total. The van der Waals surface area contributed by atoms with Crippen LogP contribution in [0.4, 0.5) is 0 Å². The number of fused-ring (bicyclic) bond motifs is 1. The van der Waals surface area contributed by atoms with Gasteiger partial charge in [0.2, 0.25) is 0 Å². The van der Waals surface area contributed by atoms with Gasteiger partial charge in [-0.1, -0.05) is 24.3 Å². The monoisotopic (exact) mass is 338 g/mol. The Balaban J connectivity index is 1.83. The van der Waals surface area contributed by atoms with E-state index in [-0.39, 0.29) is 0 Å². The largest absolute Gasteiger partial charge is 0.481 e. The number of piperidine rings is 1. The molecule has 2 heterocycles. The lowest BCUT2D eigenvalue weighted by Gasteiger charge is -2.40. The SMILES string of the molecule is C[C@@H]1[C@H](C(=O)O)CCCN1S(=O)(=O)N1CCc2ccccc2C1. The van der Waals surface area contributed by atoms with Crippen LogP contribution in [0.1, 0.15) is 30.9 Å². The number of benzene rings is 1. The molecule has 6 nitrogen and oxygen atoms in total. The predicted molar refractivity (Wildman–Crippen MR) is 86.0 cm³/mol. The normalized spacial score (nSPS) is 26.7. The summed E-state index contributed by atoms with van der Waals surface area (Å²) in [6.07, 6.45) is 1.82. The first-order chi connectivity index (χ1) is 10.9. The lowest BCUT2D eigenvalue weighted by Crippen LogP contribution is -2.54. The van der Waals surface area contributed by atoms with E-state index in [9.17, 15) is 18.3 Å². The van der Waals surface area contributed by atoms with Gasteiger partial charge in [0.15, 0.2) is 0 Å². The van der Waals surface area contributed by atoms with Gasteiger partial charge in [0.1, 0.15) is 0 Å². The molecule has 7 heteroatoms. The highest BCUT2D eigenvalue weighted by Gasteiger charge is 2.41. The molecule has 23 heavy (non-hydrogen) atoms. The number of carbonyl (C=O) groups is 1. The van der Waals surface area contributed by atoms with Crippen LogP contribution < -0.4 is 0 Å².